The molecular weight excluding hydrogens is 284 g/mol. The molecule has 0 spiro atoms. The average Bonchev–Trinajstić information content (AvgIpc) is 2.90. The summed E-state index contributed by atoms with van der Waals surface area (Å²) < 4.78 is 13.1. The van der Waals surface area contributed by atoms with Crippen LogP contribution in [0.15, 0.2) is 12.1 Å². The lowest BCUT2D eigenvalue weighted by Gasteiger charge is -2.22. The number of rotatable bonds is 4. The van der Waals surface area contributed by atoms with Crippen LogP contribution in [-0.4, -0.2) is 38.0 Å². The first-order valence-electron chi connectivity index (χ1n) is 7.44. The topological polar surface area (TPSA) is 82.3 Å². The summed E-state index contributed by atoms with van der Waals surface area (Å²) in [7, 11) is 1.82. The maximum absolute atomic E-state index is 9.59. The van der Waals surface area contributed by atoms with Crippen molar-refractivity contribution >= 4 is 0 Å². The molecule has 0 aliphatic carbocycles. The van der Waals surface area contributed by atoms with Crippen molar-refractivity contribution in [1.29, 1.82) is 0 Å². The Balaban J connectivity index is 1.79. The van der Waals surface area contributed by atoms with Crippen molar-refractivity contribution in [3.05, 3.63) is 23.5 Å². The first kappa shape index (κ1) is 14.9. The van der Waals surface area contributed by atoms with E-state index in [1.165, 1.54) is 0 Å². The van der Waals surface area contributed by atoms with Gasteiger partial charge in [0.15, 0.2) is 6.29 Å². The second-order valence-corrected chi connectivity index (χ2v) is 5.42. The van der Waals surface area contributed by atoms with Crippen molar-refractivity contribution in [3.63, 3.8) is 0 Å². The average molecular weight is 304 g/mol. The molecule has 7 heteroatoms. The molecule has 118 valence electrons. The van der Waals surface area contributed by atoms with Gasteiger partial charge in [-0.3, -0.25) is 0 Å². The van der Waals surface area contributed by atoms with Crippen LogP contribution >= 0.6 is 0 Å². The molecule has 2 aromatic rings. The van der Waals surface area contributed by atoms with Crippen LogP contribution in [0.4, 0.5) is 0 Å². The van der Waals surface area contributed by atoms with Gasteiger partial charge in [-0.15, -0.1) is 5.10 Å². The minimum atomic E-state index is -0.161. The summed E-state index contributed by atoms with van der Waals surface area (Å²) in [5.74, 6) is 0.168. The minimum Gasteiger partial charge on any atom is -0.506 e. The summed E-state index contributed by atoms with van der Waals surface area (Å²) in [6.45, 7) is 2.87. The second kappa shape index (κ2) is 6.41. The third kappa shape index (κ3) is 3.10. The van der Waals surface area contributed by atoms with Gasteiger partial charge >= 0.3 is 0 Å². The van der Waals surface area contributed by atoms with Gasteiger partial charge in [0.05, 0.1) is 23.7 Å². The number of pyridine rings is 1. The third-order valence-electron chi connectivity index (χ3n) is 3.79. The number of nitrogens with zero attached hydrogens (tertiary/aromatic N) is 4. The zero-order valence-electron chi connectivity index (χ0n) is 12.8. The largest absolute Gasteiger partial charge is 0.506 e. The monoisotopic (exact) mass is 304 g/mol. The number of aromatic nitrogens is 4. The molecule has 3 rings (SSSR count). The minimum absolute atomic E-state index is 0.161. The van der Waals surface area contributed by atoms with Gasteiger partial charge in [-0.1, -0.05) is 5.21 Å². The van der Waals surface area contributed by atoms with Crippen LogP contribution in [0.5, 0.6) is 5.75 Å². The van der Waals surface area contributed by atoms with Crippen LogP contribution < -0.4 is 0 Å². The highest BCUT2D eigenvalue weighted by Crippen LogP contribution is 2.24. The van der Waals surface area contributed by atoms with E-state index in [-0.39, 0.29) is 12.0 Å². The zero-order valence-corrected chi connectivity index (χ0v) is 12.8. The third-order valence-corrected chi connectivity index (χ3v) is 3.79. The quantitative estimate of drug-likeness (QED) is 0.929. The van der Waals surface area contributed by atoms with E-state index in [0.29, 0.717) is 23.7 Å². The molecule has 1 aliphatic rings. The Morgan fingerprint density at radius 3 is 3.00 bits per heavy atom. The fourth-order valence-corrected chi connectivity index (χ4v) is 2.44. The smallest absolute Gasteiger partial charge is 0.158 e. The fraction of sp³-hybridized carbons (Fsp3) is 0.533. The van der Waals surface area contributed by atoms with Gasteiger partial charge in [-0.05, 0) is 38.3 Å². The molecule has 0 bridgehead atoms. The molecule has 1 fully saturated rings. The molecule has 22 heavy (non-hydrogen) atoms. The first-order chi connectivity index (χ1) is 10.6. The van der Waals surface area contributed by atoms with Gasteiger partial charge in [-0.25, -0.2) is 9.67 Å². The van der Waals surface area contributed by atoms with Crippen molar-refractivity contribution in [2.45, 2.75) is 39.1 Å². The Morgan fingerprint density at radius 2 is 2.27 bits per heavy atom. The van der Waals surface area contributed by atoms with Gasteiger partial charge in [0.1, 0.15) is 11.4 Å². The molecule has 3 heterocycles. The van der Waals surface area contributed by atoms with Gasteiger partial charge in [0.25, 0.3) is 0 Å². The van der Waals surface area contributed by atoms with E-state index >= 15 is 0 Å². The van der Waals surface area contributed by atoms with Gasteiger partial charge in [0, 0.05) is 13.7 Å². The maximum atomic E-state index is 9.59. The van der Waals surface area contributed by atoms with E-state index in [1.54, 1.807) is 23.7 Å². The predicted octanol–water partition coefficient (Wildman–Crippen LogP) is 1.93. The SMILES string of the molecule is Cc1nc(-c2nnn(C)c2COC2CCCCO2)ccc1O. The van der Waals surface area contributed by atoms with Crippen molar-refractivity contribution in [1.82, 2.24) is 20.0 Å². The number of aryl methyl sites for hydroxylation is 2. The van der Waals surface area contributed by atoms with E-state index in [9.17, 15) is 5.11 Å². The summed E-state index contributed by atoms with van der Waals surface area (Å²) in [5.41, 5.74) is 2.74. The first-order valence-corrected chi connectivity index (χ1v) is 7.44. The lowest BCUT2D eigenvalue weighted by molar-refractivity contribution is -0.169. The van der Waals surface area contributed by atoms with Crippen LogP contribution in [0, 0.1) is 6.92 Å². The number of aromatic hydroxyl groups is 1. The molecule has 1 atom stereocenters. The highest BCUT2D eigenvalue weighted by molar-refractivity contribution is 5.57. The van der Waals surface area contributed by atoms with Gasteiger partial charge in [0.2, 0.25) is 0 Å². The molecule has 1 N–H and O–H groups in total. The Labute approximate surface area is 128 Å². The zero-order chi connectivity index (χ0) is 15.5. The number of hydrogen-bond donors (Lipinski definition) is 1. The highest BCUT2D eigenvalue weighted by atomic mass is 16.7. The molecule has 1 aliphatic heterocycles. The normalized spacial score (nSPS) is 18.5. The standard InChI is InChI=1S/C15H20N4O3/c1-10-13(20)7-6-11(16-10)15-12(19(2)18-17-15)9-22-14-5-3-4-8-21-14/h6-7,14,20H,3-5,8-9H2,1-2H3. The summed E-state index contributed by atoms with van der Waals surface area (Å²) in [6, 6.07) is 3.34. The lowest BCUT2D eigenvalue weighted by atomic mass is 10.2. The van der Waals surface area contributed by atoms with Gasteiger partial charge < -0.3 is 14.6 Å². The van der Waals surface area contributed by atoms with Gasteiger partial charge in [-0.2, -0.15) is 0 Å². The van der Waals surface area contributed by atoms with Crippen LogP contribution in [0.3, 0.4) is 0 Å². The fourth-order valence-electron chi connectivity index (χ4n) is 2.44. The second-order valence-electron chi connectivity index (χ2n) is 5.42. The number of hydrogen-bond acceptors (Lipinski definition) is 6. The van der Waals surface area contributed by atoms with E-state index in [2.05, 4.69) is 15.3 Å². The molecule has 0 radical (unpaired) electrons. The molecule has 0 saturated carbocycles. The van der Waals surface area contributed by atoms with Crippen molar-refractivity contribution in [3.8, 4) is 17.1 Å². The molecule has 0 aromatic carbocycles. The van der Waals surface area contributed by atoms with E-state index in [4.69, 9.17) is 9.47 Å². The Bertz CT molecular complexity index is 650. The van der Waals surface area contributed by atoms with Crippen LogP contribution in [0.2, 0.25) is 0 Å². The summed E-state index contributed by atoms with van der Waals surface area (Å²) in [4.78, 5) is 4.36. The highest BCUT2D eigenvalue weighted by Gasteiger charge is 2.19. The van der Waals surface area contributed by atoms with E-state index in [0.717, 1.165) is 31.6 Å². The molecule has 2 aromatic heterocycles. The molecule has 1 saturated heterocycles. The Kier molecular flexibility index (Phi) is 4.35. The summed E-state index contributed by atoms with van der Waals surface area (Å²) in [6.07, 6.45) is 2.97. The van der Waals surface area contributed by atoms with E-state index < -0.39 is 0 Å². The van der Waals surface area contributed by atoms with Crippen LogP contribution in [0.25, 0.3) is 11.4 Å². The van der Waals surface area contributed by atoms with E-state index in [1.807, 2.05) is 7.05 Å². The Hall–Kier alpha value is -1.99. The van der Waals surface area contributed by atoms with Crippen LogP contribution in [-0.2, 0) is 23.1 Å². The predicted molar refractivity (Wildman–Crippen MR) is 79.0 cm³/mol. The molecular formula is C15H20N4O3. The summed E-state index contributed by atoms with van der Waals surface area (Å²) in [5, 5.41) is 17.8. The Morgan fingerprint density at radius 1 is 1.41 bits per heavy atom. The molecule has 7 nitrogen and oxygen atoms in total. The summed E-state index contributed by atoms with van der Waals surface area (Å²) >= 11 is 0. The van der Waals surface area contributed by atoms with Crippen molar-refractivity contribution in [2.75, 3.05) is 6.61 Å². The van der Waals surface area contributed by atoms with Crippen molar-refractivity contribution in [2.24, 2.45) is 7.05 Å². The molecule has 0 amide bonds. The van der Waals surface area contributed by atoms with Crippen molar-refractivity contribution < 1.29 is 14.6 Å². The lowest BCUT2D eigenvalue weighted by Crippen LogP contribution is -2.22. The van der Waals surface area contributed by atoms with Crippen LogP contribution in [0.1, 0.15) is 30.7 Å². The molecule has 1 unspecified atom stereocenters. The maximum Gasteiger partial charge on any atom is 0.158 e. The number of ether oxygens (including phenoxy) is 2.